The Morgan fingerprint density at radius 3 is 2.47 bits per heavy atom. The van der Waals surface area contributed by atoms with Gasteiger partial charge in [0.1, 0.15) is 12.4 Å². The summed E-state index contributed by atoms with van der Waals surface area (Å²) < 4.78 is 42.3. The fourth-order valence-electron chi connectivity index (χ4n) is 1.02. The lowest BCUT2D eigenvalue weighted by molar-refractivity contribution is 0.159. The van der Waals surface area contributed by atoms with Crippen molar-refractivity contribution in [1.29, 1.82) is 0 Å². The standard InChI is InChI=1S/C9H11FN2O4S/c10-7-1-3-8(4-2-7)17(14,15)12-5-6-16-9(11)13/h1-4,12H,5-6H2,(H2,11,13). The Labute approximate surface area is 97.6 Å². The minimum Gasteiger partial charge on any atom is -0.448 e. The van der Waals surface area contributed by atoms with Gasteiger partial charge in [-0.15, -0.1) is 0 Å². The Bertz CT molecular complexity index is 486. The number of carbonyl (C=O) groups is 1. The quantitative estimate of drug-likeness (QED) is 0.740. The predicted octanol–water partition coefficient (Wildman–Crippen LogP) is 0.199. The third-order valence-electron chi connectivity index (χ3n) is 1.76. The molecule has 0 radical (unpaired) electrons. The molecule has 6 nitrogen and oxygen atoms in total. The lowest BCUT2D eigenvalue weighted by Gasteiger charge is -2.06. The molecule has 0 bridgehead atoms. The Hall–Kier alpha value is -1.67. The van der Waals surface area contributed by atoms with Gasteiger partial charge in [-0.2, -0.15) is 0 Å². The lowest BCUT2D eigenvalue weighted by atomic mass is 10.4. The highest BCUT2D eigenvalue weighted by atomic mass is 32.2. The van der Waals surface area contributed by atoms with Crippen LogP contribution in [0.4, 0.5) is 9.18 Å². The van der Waals surface area contributed by atoms with Crippen molar-refractivity contribution in [3.63, 3.8) is 0 Å². The number of nitrogens with two attached hydrogens (primary N) is 1. The van der Waals surface area contributed by atoms with Crippen LogP contribution in [-0.2, 0) is 14.8 Å². The van der Waals surface area contributed by atoms with Gasteiger partial charge < -0.3 is 10.5 Å². The number of sulfonamides is 1. The van der Waals surface area contributed by atoms with Gasteiger partial charge >= 0.3 is 6.09 Å². The van der Waals surface area contributed by atoms with E-state index in [4.69, 9.17) is 0 Å². The summed E-state index contributed by atoms with van der Waals surface area (Å²) in [6.45, 7) is -0.279. The molecule has 0 saturated heterocycles. The van der Waals surface area contributed by atoms with Crippen LogP contribution in [0.3, 0.4) is 0 Å². The maximum Gasteiger partial charge on any atom is 0.404 e. The van der Waals surface area contributed by atoms with E-state index in [-0.39, 0.29) is 18.0 Å². The largest absolute Gasteiger partial charge is 0.448 e. The molecule has 0 aliphatic carbocycles. The van der Waals surface area contributed by atoms with E-state index in [1.54, 1.807) is 0 Å². The van der Waals surface area contributed by atoms with E-state index < -0.39 is 21.9 Å². The molecular weight excluding hydrogens is 251 g/mol. The summed E-state index contributed by atoms with van der Waals surface area (Å²) in [5, 5.41) is 0. The molecule has 1 amide bonds. The number of amides is 1. The maximum absolute atomic E-state index is 12.6. The first-order valence-electron chi connectivity index (χ1n) is 4.59. The number of halogens is 1. The van der Waals surface area contributed by atoms with Crippen LogP contribution < -0.4 is 10.5 Å². The van der Waals surface area contributed by atoms with E-state index >= 15 is 0 Å². The van der Waals surface area contributed by atoms with Crippen molar-refractivity contribution >= 4 is 16.1 Å². The average Bonchev–Trinajstić information content (AvgIpc) is 2.25. The molecule has 0 heterocycles. The first kappa shape index (κ1) is 13.4. The van der Waals surface area contributed by atoms with Crippen molar-refractivity contribution in [2.45, 2.75) is 4.90 Å². The van der Waals surface area contributed by atoms with Crippen molar-refractivity contribution in [3.05, 3.63) is 30.1 Å². The molecule has 8 heteroatoms. The molecule has 0 spiro atoms. The van der Waals surface area contributed by atoms with Crippen molar-refractivity contribution in [3.8, 4) is 0 Å². The number of carbonyl (C=O) groups excluding carboxylic acids is 1. The number of hydrogen-bond donors (Lipinski definition) is 2. The van der Waals surface area contributed by atoms with Gasteiger partial charge in [0.15, 0.2) is 0 Å². The van der Waals surface area contributed by atoms with E-state index in [2.05, 4.69) is 15.2 Å². The number of nitrogens with one attached hydrogen (secondary N) is 1. The van der Waals surface area contributed by atoms with Crippen molar-refractivity contribution in [2.24, 2.45) is 5.73 Å². The van der Waals surface area contributed by atoms with Crippen molar-refractivity contribution in [1.82, 2.24) is 4.72 Å². The number of ether oxygens (including phenoxy) is 1. The number of primary amides is 1. The van der Waals surface area contributed by atoms with E-state index in [0.29, 0.717) is 0 Å². The number of benzene rings is 1. The fraction of sp³-hybridized carbons (Fsp3) is 0.222. The van der Waals surface area contributed by atoms with Gasteiger partial charge in [-0.3, -0.25) is 0 Å². The smallest absolute Gasteiger partial charge is 0.404 e. The predicted molar refractivity (Wildman–Crippen MR) is 57.1 cm³/mol. The third kappa shape index (κ3) is 4.37. The van der Waals surface area contributed by atoms with E-state index in [9.17, 15) is 17.6 Å². The summed E-state index contributed by atoms with van der Waals surface area (Å²) in [6.07, 6.45) is -0.981. The van der Waals surface area contributed by atoms with Crippen LogP contribution in [0, 0.1) is 5.82 Å². The van der Waals surface area contributed by atoms with E-state index in [0.717, 1.165) is 24.3 Å². The molecule has 1 aromatic rings. The van der Waals surface area contributed by atoms with Gasteiger partial charge in [0.2, 0.25) is 10.0 Å². The Morgan fingerprint density at radius 2 is 1.94 bits per heavy atom. The minimum atomic E-state index is -3.72. The van der Waals surface area contributed by atoms with Crippen LogP contribution in [0.2, 0.25) is 0 Å². The van der Waals surface area contributed by atoms with Crippen molar-refractivity contribution < 1.29 is 22.3 Å². The maximum atomic E-state index is 12.6. The fourth-order valence-corrected chi connectivity index (χ4v) is 2.04. The van der Waals surface area contributed by atoms with Crippen LogP contribution in [0.25, 0.3) is 0 Å². The summed E-state index contributed by atoms with van der Waals surface area (Å²) in [7, 11) is -3.72. The summed E-state index contributed by atoms with van der Waals surface area (Å²) in [5.41, 5.74) is 4.69. The highest BCUT2D eigenvalue weighted by molar-refractivity contribution is 7.89. The molecule has 94 valence electrons. The Kier molecular flexibility index (Phi) is 4.41. The molecule has 0 fully saturated rings. The first-order chi connectivity index (χ1) is 7.92. The molecule has 0 aromatic heterocycles. The minimum absolute atomic E-state index is 0.0713. The summed E-state index contributed by atoms with van der Waals surface area (Å²) >= 11 is 0. The highest BCUT2D eigenvalue weighted by Crippen LogP contribution is 2.08. The summed E-state index contributed by atoms with van der Waals surface area (Å²) in [4.78, 5) is 10.1. The second kappa shape index (κ2) is 5.60. The number of hydrogen-bond acceptors (Lipinski definition) is 4. The normalized spacial score (nSPS) is 11.1. The van der Waals surface area contributed by atoms with Crippen molar-refractivity contribution in [2.75, 3.05) is 13.2 Å². The van der Waals surface area contributed by atoms with Gasteiger partial charge in [-0.05, 0) is 24.3 Å². The molecule has 0 saturated carbocycles. The van der Waals surface area contributed by atoms with Gasteiger partial charge in [-0.25, -0.2) is 22.3 Å². The second-order valence-electron chi connectivity index (χ2n) is 3.02. The zero-order valence-corrected chi connectivity index (χ0v) is 9.54. The summed E-state index contributed by atoms with van der Waals surface area (Å²) in [5.74, 6) is -0.527. The van der Waals surface area contributed by atoms with Gasteiger partial charge in [0.25, 0.3) is 0 Å². The highest BCUT2D eigenvalue weighted by Gasteiger charge is 2.13. The zero-order chi connectivity index (χ0) is 12.9. The molecule has 3 N–H and O–H groups in total. The first-order valence-corrected chi connectivity index (χ1v) is 6.07. The van der Waals surface area contributed by atoms with Gasteiger partial charge in [0, 0.05) is 6.54 Å². The SMILES string of the molecule is NC(=O)OCCNS(=O)(=O)c1ccc(F)cc1. The molecule has 1 rings (SSSR count). The van der Waals surface area contributed by atoms with E-state index in [1.165, 1.54) is 0 Å². The van der Waals surface area contributed by atoms with Crippen LogP contribution >= 0.6 is 0 Å². The van der Waals surface area contributed by atoms with Crippen LogP contribution in [-0.4, -0.2) is 27.7 Å². The molecule has 0 atom stereocenters. The number of rotatable bonds is 5. The zero-order valence-electron chi connectivity index (χ0n) is 8.72. The van der Waals surface area contributed by atoms with Gasteiger partial charge in [-0.1, -0.05) is 0 Å². The molecule has 0 unspecified atom stereocenters. The molecular formula is C9H11FN2O4S. The molecule has 0 aliphatic heterocycles. The Balaban J connectivity index is 2.57. The molecule has 0 aliphatic rings. The lowest BCUT2D eigenvalue weighted by Crippen LogP contribution is -2.29. The molecule has 17 heavy (non-hydrogen) atoms. The van der Waals surface area contributed by atoms with E-state index in [1.807, 2.05) is 0 Å². The van der Waals surface area contributed by atoms with Gasteiger partial charge in [0.05, 0.1) is 4.90 Å². The van der Waals surface area contributed by atoms with Crippen LogP contribution in [0.1, 0.15) is 0 Å². The second-order valence-corrected chi connectivity index (χ2v) is 4.79. The average molecular weight is 262 g/mol. The third-order valence-corrected chi connectivity index (χ3v) is 3.24. The molecule has 1 aromatic carbocycles. The topological polar surface area (TPSA) is 98.5 Å². The van der Waals surface area contributed by atoms with Crippen LogP contribution in [0.5, 0.6) is 0 Å². The monoisotopic (exact) mass is 262 g/mol. The Morgan fingerprint density at radius 1 is 1.35 bits per heavy atom. The van der Waals surface area contributed by atoms with Crippen LogP contribution in [0.15, 0.2) is 29.2 Å². The summed E-state index contributed by atoms with van der Waals surface area (Å²) in [6, 6.07) is 4.34.